The molecule has 0 aromatic heterocycles. The summed E-state index contributed by atoms with van der Waals surface area (Å²) in [6.45, 7) is 1.25. The first-order valence-corrected chi connectivity index (χ1v) is 4.58. The van der Waals surface area contributed by atoms with Crippen LogP contribution in [0.15, 0.2) is 18.2 Å². The first-order valence-electron chi connectivity index (χ1n) is 4.58. The quantitative estimate of drug-likeness (QED) is 0.614. The number of hydrogen-bond donors (Lipinski definition) is 1. The number of rotatable bonds is 5. The second-order valence-electron chi connectivity index (χ2n) is 3.27. The van der Waals surface area contributed by atoms with Crippen molar-refractivity contribution in [2.45, 2.75) is 6.92 Å². The number of nitrogens with one attached hydrogen (secondary N) is 1. The molecule has 0 aliphatic rings. The average molecular weight is 239 g/mol. The Morgan fingerprint density at radius 1 is 1.29 bits per heavy atom. The van der Waals surface area contributed by atoms with Gasteiger partial charge in [-0.25, -0.2) is 0 Å². The van der Waals surface area contributed by atoms with Crippen molar-refractivity contribution in [3.63, 3.8) is 0 Å². The van der Waals surface area contributed by atoms with E-state index in [1.54, 1.807) is 0 Å². The van der Waals surface area contributed by atoms with Gasteiger partial charge in [-0.15, -0.1) is 0 Å². The first kappa shape index (κ1) is 12.6. The summed E-state index contributed by atoms with van der Waals surface area (Å²) in [5.74, 6) is -0.197. The molecule has 0 saturated heterocycles. The zero-order valence-corrected chi connectivity index (χ0v) is 8.87. The molecule has 0 saturated carbocycles. The highest BCUT2D eigenvalue weighted by atomic mass is 16.6. The molecule has 1 aromatic carbocycles. The normalized spacial score (nSPS) is 9.71. The third-order valence-electron chi connectivity index (χ3n) is 1.92. The van der Waals surface area contributed by atoms with E-state index in [0.29, 0.717) is 0 Å². The molecular weight excluding hydrogens is 230 g/mol. The highest BCUT2D eigenvalue weighted by Gasteiger charge is 2.19. The number of ketones is 1. The molecule has 0 aliphatic heterocycles. The Morgan fingerprint density at radius 2 is 1.94 bits per heavy atom. The number of carbonyl (C=O) groups excluding carboxylic acids is 1. The molecule has 0 amide bonds. The van der Waals surface area contributed by atoms with E-state index in [1.807, 2.05) is 0 Å². The molecule has 0 fully saturated rings. The molecule has 1 N–H and O–H groups in total. The third-order valence-corrected chi connectivity index (χ3v) is 1.92. The van der Waals surface area contributed by atoms with Crippen LogP contribution in [0.2, 0.25) is 0 Å². The second-order valence-corrected chi connectivity index (χ2v) is 3.27. The largest absolute Gasteiger partial charge is 0.372 e. The van der Waals surface area contributed by atoms with Crippen LogP contribution in [0.1, 0.15) is 6.92 Å². The third kappa shape index (κ3) is 3.23. The fraction of sp³-hybridized carbons (Fsp3) is 0.222. The topological polar surface area (TPSA) is 115 Å². The van der Waals surface area contributed by atoms with Gasteiger partial charge in [0.25, 0.3) is 11.4 Å². The van der Waals surface area contributed by atoms with Crippen molar-refractivity contribution in [3.8, 4) is 0 Å². The van der Waals surface area contributed by atoms with E-state index >= 15 is 0 Å². The van der Waals surface area contributed by atoms with Crippen LogP contribution in [0.5, 0.6) is 0 Å². The van der Waals surface area contributed by atoms with E-state index in [0.717, 1.165) is 12.1 Å². The van der Waals surface area contributed by atoms with Gasteiger partial charge in [0.2, 0.25) is 0 Å². The Balaban J connectivity index is 3.08. The Kier molecular flexibility index (Phi) is 3.70. The lowest BCUT2D eigenvalue weighted by Crippen LogP contribution is -2.11. The maximum Gasteiger partial charge on any atom is 0.299 e. The lowest BCUT2D eigenvalue weighted by atomic mass is 10.2. The highest BCUT2D eigenvalue weighted by molar-refractivity contribution is 5.81. The molecule has 90 valence electrons. The van der Waals surface area contributed by atoms with Gasteiger partial charge in [0.15, 0.2) is 0 Å². The number of nitro groups is 2. The van der Waals surface area contributed by atoms with Crippen LogP contribution < -0.4 is 5.32 Å². The van der Waals surface area contributed by atoms with Crippen LogP contribution in [0.25, 0.3) is 0 Å². The van der Waals surface area contributed by atoms with E-state index < -0.39 is 15.5 Å². The second kappa shape index (κ2) is 5.01. The number of hydrogen-bond acceptors (Lipinski definition) is 6. The van der Waals surface area contributed by atoms with E-state index in [2.05, 4.69) is 5.32 Å². The lowest BCUT2D eigenvalue weighted by molar-refractivity contribution is -0.393. The molecule has 0 radical (unpaired) electrons. The minimum Gasteiger partial charge on any atom is -0.372 e. The van der Waals surface area contributed by atoms with Crippen molar-refractivity contribution in [2.24, 2.45) is 0 Å². The molecule has 0 bridgehead atoms. The van der Waals surface area contributed by atoms with Crippen molar-refractivity contribution in [3.05, 3.63) is 38.4 Å². The number of carbonyl (C=O) groups is 1. The molecule has 0 unspecified atom stereocenters. The summed E-state index contributed by atoms with van der Waals surface area (Å²) < 4.78 is 0. The average Bonchev–Trinajstić information content (AvgIpc) is 2.25. The van der Waals surface area contributed by atoms with Gasteiger partial charge in [0, 0.05) is 6.07 Å². The van der Waals surface area contributed by atoms with E-state index in [-0.39, 0.29) is 23.7 Å². The summed E-state index contributed by atoms with van der Waals surface area (Å²) in [6.07, 6.45) is 0. The van der Waals surface area contributed by atoms with Gasteiger partial charge in [-0.05, 0) is 13.0 Å². The zero-order valence-electron chi connectivity index (χ0n) is 8.87. The molecule has 0 heterocycles. The van der Waals surface area contributed by atoms with Gasteiger partial charge >= 0.3 is 0 Å². The number of Topliss-reactive ketones (excluding diaryl/α,β-unsaturated/α-hetero) is 1. The zero-order chi connectivity index (χ0) is 13.0. The first-order chi connectivity index (χ1) is 7.91. The number of nitro benzene ring substituents is 2. The van der Waals surface area contributed by atoms with E-state index in [9.17, 15) is 25.0 Å². The van der Waals surface area contributed by atoms with Crippen molar-refractivity contribution in [2.75, 3.05) is 11.9 Å². The van der Waals surface area contributed by atoms with E-state index in [4.69, 9.17) is 0 Å². The van der Waals surface area contributed by atoms with E-state index in [1.165, 1.54) is 13.0 Å². The summed E-state index contributed by atoms with van der Waals surface area (Å²) in [5, 5.41) is 23.7. The Bertz CT molecular complexity index is 486. The maximum absolute atomic E-state index is 10.7. The molecule has 1 aromatic rings. The predicted octanol–water partition coefficient (Wildman–Crippen LogP) is 1.50. The Morgan fingerprint density at radius 3 is 2.41 bits per heavy atom. The molecule has 1 rings (SSSR count). The predicted molar refractivity (Wildman–Crippen MR) is 58.9 cm³/mol. The van der Waals surface area contributed by atoms with Crippen LogP contribution in [0.3, 0.4) is 0 Å². The number of non-ortho nitro benzene ring substituents is 1. The van der Waals surface area contributed by atoms with Gasteiger partial charge in [-0.2, -0.15) is 0 Å². The lowest BCUT2D eigenvalue weighted by Gasteiger charge is -2.04. The summed E-state index contributed by atoms with van der Waals surface area (Å²) in [6, 6.07) is 3.19. The summed E-state index contributed by atoms with van der Waals surface area (Å²) in [4.78, 5) is 30.4. The number of nitrogens with zero attached hydrogens (tertiary/aromatic N) is 2. The van der Waals surface area contributed by atoms with Crippen LogP contribution in [0, 0.1) is 20.2 Å². The molecule has 17 heavy (non-hydrogen) atoms. The van der Waals surface area contributed by atoms with Crippen LogP contribution in [-0.4, -0.2) is 22.2 Å². The maximum atomic E-state index is 10.7. The highest BCUT2D eigenvalue weighted by Crippen LogP contribution is 2.28. The molecule has 8 heteroatoms. The van der Waals surface area contributed by atoms with Crippen molar-refractivity contribution >= 4 is 22.8 Å². The molecule has 0 spiro atoms. The molecule has 0 aliphatic carbocycles. The Labute approximate surface area is 95.5 Å². The van der Waals surface area contributed by atoms with Crippen molar-refractivity contribution in [1.29, 1.82) is 0 Å². The standard InChI is InChI=1S/C9H9N3O5/c1-6(13)5-10-8-3-2-7(11(14)15)4-9(8)12(16)17/h2-4,10H,5H2,1H3. The number of benzene rings is 1. The fourth-order valence-electron chi connectivity index (χ4n) is 1.15. The molecule has 0 atom stereocenters. The minimum atomic E-state index is -0.741. The molecular formula is C9H9N3O5. The van der Waals surface area contributed by atoms with Gasteiger partial charge in [-0.1, -0.05) is 0 Å². The van der Waals surface area contributed by atoms with Gasteiger partial charge in [0.1, 0.15) is 11.5 Å². The fourth-order valence-corrected chi connectivity index (χ4v) is 1.15. The monoisotopic (exact) mass is 239 g/mol. The van der Waals surface area contributed by atoms with Gasteiger partial charge in [-0.3, -0.25) is 25.0 Å². The Hall–Kier alpha value is -2.51. The number of anilines is 1. The van der Waals surface area contributed by atoms with Crippen LogP contribution in [0.4, 0.5) is 17.1 Å². The van der Waals surface area contributed by atoms with Crippen LogP contribution in [-0.2, 0) is 4.79 Å². The smallest absolute Gasteiger partial charge is 0.299 e. The summed E-state index contributed by atoms with van der Waals surface area (Å²) in [7, 11) is 0. The van der Waals surface area contributed by atoms with Gasteiger partial charge < -0.3 is 5.32 Å². The van der Waals surface area contributed by atoms with Crippen molar-refractivity contribution < 1.29 is 14.6 Å². The summed E-state index contributed by atoms with van der Waals surface area (Å²) >= 11 is 0. The van der Waals surface area contributed by atoms with Crippen molar-refractivity contribution in [1.82, 2.24) is 0 Å². The molecule has 8 nitrogen and oxygen atoms in total. The SMILES string of the molecule is CC(=O)CNc1ccc([N+](=O)[O-])cc1[N+](=O)[O-]. The van der Waals surface area contributed by atoms with Gasteiger partial charge in [0.05, 0.1) is 22.5 Å². The van der Waals surface area contributed by atoms with Crippen LogP contribution >= 0.6 is 0 Å². The minimum absolute atomic E-state index is 0.0708. The summed E-state index contributed by atoms with van der Waals surface area (Å²) in [5.41, 5.74) is -0.721.